The molecule has 1 aliphatic rings. The first-order valence-electron chi connectivity index (χ1n) is 11.0. The predicted octanol–water partition coefficient (Wildman–Crippen LogP) is 5.31. The lowest BCUT2D eigenvalue weighted by molar-refractivity contribution is -0.0497. The topological polar surface area (TPSA) is 54.7 Å². The molecule has 0 saturated carbocycles. The van der Waals surface area contributed by atoms with Crippen LogP contribution in [0, 0.1) is 0 Å². The number of nitrogens with one attached hydrogen (secondary N) is 1. The van der Waals surface area contributed by atoms with Crippen LogP contribution in [0.2, 0.25) is 0 Å². The van der Waals surface area contributed by atoms with Crippen LogP contribution in [0.3, 0.4) is 0 Å². The minimum Gasteiger partial charge on any atom is -0.435 e. The summed E-state index contributed by atoms with van der Waals surface area (Å²) >= 11 is 0. The van der Waals surface area contributed by atoms with E-state index in [2.05, 4.69) is 45.3 Å². The third-order valence-electron chi connectivity index (χ3n) is 6.14. The van der Waals surface area contributed by atoms with Gasteiger partial charge in [0.25, 0.3) is 0 Å². The average molecular weight is 450 g/mol. The van der Waals surface area contributed by atoms with E-state index in [4.69, 9.17) is 4.42 Å². The van der Waals surface area contributed by atoms with Crippen molar-refractivity contribution in [2.45, 2.75) is 32.0 Å². The molecule has 1 aromatic heterocycles. The molecule has 2 heterocycles. The molecule has 5 nitrogen and oxygen atoms in total. The molecule has 1 N–H and O–H groups in total. The minimum atomic E-state index is -2.93. The summed E-state index contributed by atoms with van der Waals surface area (Å²) in [6.45, 7) is -0.607. The van der Waals surface area contributed by atoms with Gasteiger partial charge < -0.3 is 19.4 Å². The molecule has 0 spiro atoms. The second kappa shape index (κ2) is 9.19. The van der Waals surface area contributed by atoms with Crippen LogP contribution < -0.4 is 20.6 Å². The van der Waals surface area contributed by atoms with E-state index in [0.717, 1.165) is 42.3 Å². The fraction of sp³-hybridized carbons (Fsp3) is 0.269. The Morgan fingerprint density at radius 3 is 2.58 bits per heavy atom. The molecule has 5 rings (SSSR count). The van der Waals surface area contributed by atoms with Crippen molar-refractivity contribution in [1.82, 2.24) is 5.32 Å². The van der Waals surface area contributed by atoms with Gasteiger partial charge in [0, 0.05) is 24.0 Å². The molecule has 170 valence electrons. The highest BCUT2D eigenvalue weighted by molar-refractivity contribution is 5.91. The summed E-state index contributed by atoms with van der Waals surface area (Å²) < 4.78 is 35.7. The molecule has 0 unspecified atom stereocenters. The summed E-state index contributed by atoms with van der Waals surface area (Å²) in [6.07, 6.45) is 1.81. The monoisotopic (exact) mass is 450 g/mol. The van der Waals surface area contributed by atoms with Crippen LogP contribution in [-0.4, -0.2) is 25.7 Å². The lowest BCUT2D eigenvalue weighted by Crippen LogP contribution is -2.43. The Balaban J connectivity index is 1.61. The van der Waals surface area contributed by atoms with Gasteiger partial charge in [-0.25, -0.2) is 4.79 Å². The van der Waals surface area contributed by atoms with Crippen molar-refractivity contribution in [3.05, 3.63) is 82.7 Å². The van der Waals surface area contributed by atoms with Gasteiger partial charge in [-0.05, 0) is 66.5 Å². The highest BCUT2D eigenvalue weighted by atomic mass is 19.3. The third-order valence-corrected chi connectivity index (χ3v) is 6.14. The molecule has 1 aliphatic heterocycles. The van der Waals surface area contributed by atoms with Gasteiger partial charge in [-0.2, -0.15) is 8.78 Å². The van der Waals surface area contributed by atoms with Crippen LogP contribution in [0.5, 0.6) is 5.75 Å². The summed E-state index contributed by atoms with van der Waals surface area (Å²) in [7, 11) is 0. The molecule has 0 amide bonds. The van der Waals surface area contributed by atoms with E-state index in [1.807, 2.05) is 12.1 Å². The predicted molar refractivity (Wildman–Crippen MR) is 125 cm³/mol. The first kappa shape index (κ1) is 21.4. The normalized spacial score (nSPS) is 14.8. The number of hydrogen-bond acceptors (Lipinski definition) is 5. The Kier molecular flexibility index (Phi) is 5.96. The van der Waals surface area contributed by atoms with E-state index >= 15 is 0 Å². The SMILES string of the molecule is O=c1cc(N(Cc2ccc3ccccc3c2)C2CCNCC2)c2cc(OC(F)F)ccc2o1. The van der Waals surface area contributed by atoms with Crippen molar-refractivity contribution in [3.8, 4) is 5.75 Å². The maximum atomic E-state index is 12.8. The lowest BCUT2D eigenvalue weighted by atomic mass is 10.0. The summed E-state index contributed by atoms with van der Waals surface area (Å²) in [5.41, 5.74) is 1.64. The molecule has 4 aromatic rings. The summed E-state index contributed by atoms with van der Waals surface area (Å²) in [5, 5.41) is 6.26. The zero-order valence-corrected chi connectivity index (χ0v) is 18.0. The van der Waals surface area contributed by atoms with Gasteiger partial charge in [0.1, 0.15) is 11.3 Å². The van der Waals surface area contributed by atoms with E-state index in [1.165, 1.54) is 24.3 Å². The number of piperidine rings is 1. The lowest BCUT2D eigenvalue weighted by Gasteiger charge is -2.37. The smallest absolute Gasteiger partial charge is 0.387 e. The molecule has 7 heteroatoms. The molecular weight excluding hydrogens is 426 g/mol. The quantitative estimate of drug-likeness (QED) is 0.404. The van der Waals surface area contributed by atoms with E-state index in [0.29, 0.717) is 23.2 Å². The van der Waals surface area contributed by atoms with Gasteiger partial charge in [0.15, 0.2) is 0 Å². The van der Waals surface area contributed by atoms with Gasteiger partial charge in [-0.15, -0.1) is 0 Å². The van der Waals surface area contributed by atoms with Crippen molar-refractivity contribution in [3.63, 3.8) is 0 Å². The standard InChI is InChI=1S/C26H24F2N2O3/c27-26(28)32-21-7-8-24-22(14-21)23(15-25(31)33-24)30(20-9-11-29-12-10-20)16-17-5-6-18-3-1-2-4-19(18)13-17/h1-8,13-15,20,26,29H,9-12,16H2. The number of benzene rings is 3. The second-order valence-electron chi connectivity index (χ2n) is 8.28. The van der Waals surface area contributed by atoms with Crippen LogP contribution in [0.15, 0.2) is 75.9 Å². The van der Waals surface area contributed by atoms with E-state index in [9.17, 15) is 13.6 Å². The molecule has 33 heavy (non-hydrogen) atoms. The fourth-order valence-corrected chi connectivity index (χ4v) is 4.60. The van der Waals surface area contributed by atoms with Crippen LogP contribution in [0.4, 0.5) is 14.5 Å². The van der Waals surface area contributed by atoms with Gasteiger partial charge in [-0.1, -0.05) is 36.4 Å². The number of halogens is 2. The summed E-state index contributed by atoms with van der Waals surface area (Å²) in [4.78, 5) is 14.6. The summed E-state index contributed by atoms with van der Waals surface area (Å²) in [5.74, 6) is 0.0311. The van der Waals surface area contributed by atoms with Gasteiger partial charge in [-0.3, -0.25) is 0 Å². The first-order chi connectivity index (χ1) is 16.1. The van der Waals surface area contributed by atoms with Gasteiger partial charge >= 0.3 is 12.2 Å². The number of rotatable bonds is 6. The summed E-state index contributed by atoms with van der Waals surface area (Å²) in [6, 6.07) is 20.6. The largest absolute Gasteiger partial charge is 0.435 e. The van der Waals surface area contributed by atoms with E-state index in [-0.39, 0.29) is 11.8 Å². The third kappa shape index (κ3) is 4.68. The Hall–Kier alpha value is -3.45. The minimum absolute atomic E-state index is 0.0311. The maximum absolute atomic E-state index is 12.8. The fourth-order valence-electron chi connectivity index (χ4n) is 4.60. The van der Waals surface area contributed by atoms with E-state index < -0.39 is 12.2 Å². The van der Waals surface area contributed by atoms with Crippen LogP contribution in [-0.2, 0) is 6.54 Å². The van der Waals surface area contributed by atoms with Crippen molar-refractivity contribution < 1.29 is 17.9 Å². The van der Waals surface area contributed by atoms with Crippen LogP contribution in [0.25, 0.3) is 21.7 Å². The Labute approximate surface area is 189 Å². The molecule has 0 atom stereocenters. The van der Waals surface area contributed by atoms with Crippen molar-refractivity contribution in [2.75, 3.05) is 18.0 Å². The van der Waals surface area contributed by atoms with Crippen molar-refractivity contribution >= 4 is 27.4 Å². The molecule has 3 aromatic carbocycles. The molecule has 1 saturated heterocycles. The first-order valence-corrected chi connectivity index (χ1v) is 11.0. The molecule has 0 radical (unpaired) electrons. The zero-order chi connectivity index (χ0) is 22.8. The number of fused-ring (bicyclic) bond motifs is 2. The Morgan fingerprint density at radius 2 is 1.79 bits per heavy atom. The second-order valence-corrected chi connectivity index (χ2v) is 8.28. The number of nitrogens with zero attached hydrogens (tertiary/aromatic N) is 1. The number of anilines is 1. The highest BCUT2D eigenvalue weighted by Crippen LogP contribution is 2.33. The number of alkyl halides is 2. The average Bonchev–Trinajstić information content (AvgIpc) is 2.82. The van der Waals surface area contributed by atoms with Gasteiger partial charge in [0.2, 0.25) is 0 Å². The van der Waals surface area contributed by atoms with Crippen LogP contribution >= 0.6 is 0 Å². The molecule has 1 fully saturated rings. The van der Waals surface area contributed by atoms with E-state index in [1.54, 1.807) is 0 Å². The molecule has 0 bridgehead atoms. The van der Waals surface area contributed by atoms with Crippen molar-refractivity contribution in [1.29, 1.82) is 0 Å². The highest BCUT2D eigenvalue weighted by Gasteiger charge is 2.24. The zero-order valence-electron chi connectivity index (χ0n) is 18.0. The van der Waals surface area contributed by atoms with Crippen LogP contribution in [0.1, 0.15) is 18.4 Å². The van der Waals surface area contributed by atoms with Crippen molar-refractivity contribution in [2.24, 2.45) is 0 Å². The number of hydrogen-bond donors (Lipinski definition) is 1. The molecule has 0 aliphatic carbocycles. The number of ether oxygens (including phenoxy) is 1. The maximum Gasteiger partial charge on any atom is 0.387 e. The molecular formula is C26H24F2N2O3. The van der Waals surface area contributed by atoms with Gasteiger partial charge in [0.05, 0.1) is 5.69 Å². The Morgan fingerprint density at radius 1 is 1.00 bits per heavy atom. The Bertz CT molecular complexity index is 1330.